The Morgan fingerprint density at radius 2 is 2.00 bits per heavy atom. The number of carbonyl (C=O) groups is 1. The fraction of sp³-hybridized carbons (Fsp3) is 0.118. The van der Waals surface area contributed by atoms with Crippen molar-refractivity contribution in [3.63, 3.8) is 0 Å². The normalized spacial score (nSPS) is 10.6. The first-order valence-electron chi connectivity index (χ1n) is 6.65. The molecule has 21 heavy (non-hydrogen) atoms. The Morgan fingerprint density at radius 1 is 1.24 bits per heavy atom. The van der Waals surface area contributed by atoms with Crippen LogP contribution < -0.4 is 10.1 Å². The zero-order valence-electron chi connectivity index (χ0n) is 11.7. The second kappa shape index (κ2) is 7.50. The van der Waals surface area contributed by atoms with Crippen LogP contribution in [0, 0.1) is 0 Å². The second-order valence-corrected chi connectivity index (χ2v) is 4.77. The number of halogens is 1. The highest BCUT2D eigenvalue weighted by Gasteiger charge is 1.98. The van der Waals surface area contributed by atoms with Crippen LogP contribution in [0.5, 0.6) is 5.75 Å². The summed E-state index contributed by atoms with van der Waals surface area (Å²) < 4.78 is 5.36. The molecule has 2 aromatic rings. The van der Waals surface area contributed by atoms with E-state index in [2.05, 4.69) is 5.32 Å². The van der Waals surface area contributed by atoms with Crippen LogP contribution in [0.15, 0.2) is 54.6 Å². The monoisotopic (exact) mass is 301 g/mol. The fourth-order valence-electron chi connectivity index (χ4n) is 1.76. The minimum absolute atomic E-state index is 0.203. The van der Waals surface area contributed by atoms with Crippen molar-refractivity contribution in [1.29, 1.82) is 0 Å². The van der Waals surface area contributed by atoms with E-state index in [4.69, 9.17) is 16.3 Å². The van der Waals surface area contributed by atoms with Crippen molar-refractivity contribution in [2.24, 2.45) is 0 Å². The highest BCUT2D eigenvalue weighted by Crippen LogP contribution is 2.15. The average molecular weight is 302 g/mol. The van der Waals surface area contributed by atoms with Gasteiger partial charge < -0.3 is 10.1 Å². The van der Waals surface area contributed by atoms with Gasteiger partial charge in [-0.15, -0.1) is 0 Å². The van der Waals surface area contributed by atoms with Crippen LogP contribution in [0.1, 0.15) is 12.5 Å². The first kappa shape index (κ1) is 15.1. The molecule has 0 aliphatic heterocycles. The minimum atomic E-state index is -0.203. The Kier molecular flexibility index (Phi) is 5.41. The largest absolute Gasteiger partial charge is 0.494 e. The van der Waals surface area contributed by atoms with Gasteiger partial charge in [0.15, 0.2) is 0 Å². The first-order valence-corrected chi connectivity index (χ1v) is 7.02. The zero-order chi connectivity index (χ0) is 15.1. The predicted octanol–water partition coefficient (Wildman–Crippen LogP) is 4.39. The number of benzene rings is 2. The van der Waals surface area contributed by atoms with E-state index in [0.29, 0.717) is 17.3 Å². The predicted molar refractivity (Wildman–Crippen MR) is 86.7 cm³/mol. The van der Waals surface area contributed by atoms with Crippen molar-refractivity contribution in [3.8, 4) is 5.75 Å². The molecule has 1 amide bonds. The van der Waals surface area contributed by atoms with Crippen LogP contribution >= 0.6 is 11.6 Å². The van der Waals surface area contributed by atoms with Crippen LogP contribution in [0.2, 0.25) is 5.02 Å². The molecule has 108 valence electrons. The van der Waals surface area contributed by atoms with Gasteiger partial charge in [0, 0.05) is 16.8 Å². The smallest absolute Gasteiger partial charge is 0.248 e. The van der Waals surface area contributed by atoms with Crippen molar-refractivity contribution >= 4 is 29.3 Å². The molecule has 4 heteroatoms. The summed E-state index contributed by atoms with van der Waals surface area (Å²) in [6.07, 6.45) is 3.23. The lowest BCUT2D eigenvalue weighted by Crippen LogP contribution is -2.07. The Balaban J connectivity index is 1.95. The quantitative estimate of drug-likeness (QED) is 0.832. The van der Waals surface area contributed by atoms with E-state index in [-0.39, 0.29) is 5.91 Å². The maximum absolute atomic E-state index is 11.8. The van der Waals surface area contributed by atoms with Gasteiger partial charge >= 0.3 is 0 Å². The van der Waals surface area contributed by atoms with Crippen molar-refractivity contribution < 1.29 is 9.53 Å². The number of amides is 1. The van der Waals surface area contributed by atoms with E-state index < -0.39 is 0 Å². The molecule has 0 heterocycles. The average Bonchev–Trinajstić information content (AvgIpc) is 2.47. The molecule has 0 spiro atoms. The number of hydrogen-bond acceptors (Lipinski definition) is 2. The third-order valence-corrected chi connectivity index (χ3v) is 2.95. The van der Waals surface area contributed by atoms with Gasteiger partial charge in [-0.1, -0.05) is 29.8 Å². The number of rotatable bonds is 5. The number of anilines is 1. The van der Waals surface area contributed by atoms with E-state index in [1.807, 2.05) is 31.2 Å². The molecule has 0 radical (unpaired) electrons. The fourth-order valence-corrected chi connectivity index (χ4v) is 1.95. The van der Waals surface area contributed by atoms with E-state index in [1.54, 1.807) is 30.3 Å². The molecule has 1 N–H and O–H groups in total. The van der Waals surface area contributed by atoms with Crippen molar-refractivity contribution in [2.75, 3.05) is 11.9 Å². The summed E-state index contributed by atoms with van der Waals surface area (Å²) in [4.78, 5) is 11.8. The maximum Gasteiger partial charge on any atom is 0.248 e. The van der Waals surface area contributed by atoms with Gasteiger partial charge in [0.1, 0.15) is 5.75 Å². The van der Waals surface area contributed by atoms with Gasteiger partial charge in [0.05, 0.1) is 6.61 Å². The molecular formula is C17H16ClNO2. The molecule has 0 saturated heterocycles. The Morgan fingerprint density at radius 3 is 2.67 bits per heavy atom. The second-order valence-electron chi connectivity index (χ2n) is 4.33. The van der Waals surface area contributed by atoms with Crippen LogP contribution in [0.25, 0.3) is 6.08 Å². The van der Waals surface area contributed by atoms with Crippen molar-refractivity contribution in [1.82, 2.24) is 0 Å². The zero-order valence-corrected chi connectivity index (χ0v) is 12.4. The summed E-state index contributed by atoms with van der Waals surface area (Å²) in [7, 11) is 0. The van der Waals surface area contributed by atoms with Gasteiger partial charge in [-0.2, -0.15) is 0 Å². The highest BCUT2D eigenvalue weighted by molar-refractivity contribution is 6.30. The molecule has 0 aliphatic rings. The minimum Gasteiger partial charge on any atom is -0.494 e. The van der Waals surface area contributed by atoms with Crippen LogP contribution in [-0.2, 0) is 4.79 Å². The van der Waals surface area contributed by atoms with Gasteiger partial charge in [-0.3, -0.25) is 4.79 Å². The molecule has 3 nitrogen and oxygen atoms in total. The summed E-state index contributed by atoms with van der Waals surface area (Å²) in [6, 6.07) is 14.6. The topological polar surface area (TPSA) is 38.3 Å². The molecule has 0 aromatic heterocycles. The lowest BCUT2D eigenvalue weighted by Gasteiger charge is -2.03. The molecule has 0 bridgehead atoms. The standard InChI is InChI=1S/C17H16ClNO2/c1-2-21-16-9-6-13(7-10-16)8-11-17(20)19-15-5-3-4-14(18)12-15/h3-12H,2H2,1H3,(H,19,20). The van der Waals surface area contributed by atoms with Gasteiger partial charge in [-0.05, 0) is 48.9 Å². The molecule has 0 aliphatic carbocycles. The van der Waals surface area contributed by atoms with Crippen LogP contribution in [0.4, 0.5) is 5.69 Å². The third kappa shape index (κ3) is 4.97. The third-order valence-electron chi connectivity index (χ3n) is 2.71. The molecule has 0 fully saturated rings. The summed E-state index contributed by atoms with van der Waals surface area (Å²) in [5.41, 5.74) is 1.60. The summed E-state index contributed by atoms with van der Waals surface area (Å²) in [5.74, 6) is 0.615. The Bertz CT molecular complexity index is 635. The Labute approximate surface area is 129 Å². The lowest BCUT2D eigenvalue weighted by atomic mass is 10.2. The van der Waals surface area contributed by atoms with E-state index >= 15 is 0 Å². The number of carbonyl (C=O) groups excluding carboxylic acids is 1. The van der Waals surface area contributed by atoms with Gasteiger partial charge in [0.25, 0.3) is 0 Å². The summed E-state index contributed by atoms with van der Waals surface area (Å²) in [5, 5.41) is 3.34. The van der Waals surface area contributed by atoms with Crippen LogP contribution in [-0.4, -0.2) is 12.5 Å². The van der Waals surface area contributed by atoms with Crippen molar-refractivity contribution in [3.05, 3.63) is 65.2 Å². The maximum atomic E-state index is 11.8. The SMILES string of the molecule is CCOc1ccc(C=CC(=O)Nc2cccc(Cl)c2)cc1. The summed E-state index contributed by atoms with van der Waals surface area (Å²) in [6.45, 7) is 2.57. The molecule has 0 atom stereocenters. The molecule has 2 rings (SSSR count). The highest BCUT2D eigenvalue weighted by atomic mass is 35.5. The number of ether oxygens (including phenoxy) is 1. The van der Waals surface area contributed by atoms with E-state index in [0.717, 1.165) is 11.3 Å². The summed E-state index contributed by atoms with van der Waals surface area (Å²) >= 11 is 5.86. The van der Waals surface area contributed by atoms with E-state index in [1.165, 1.54) is 6.08 Å². The van der Waals surface area contributed by atoms with E-state index in [9.17, 15) is 4.79 Å². The molecule has 0 unspecified atom stereocenters. The Hall–Kier alpha value is -2.26. The van der Waals surface area contributed by atoms with Gasteiger partial charge in [0.2, 0.25) is 5.91 Å². The number of hydrogen-bond donors (Lipinski definition) is 1. The molecular weight excluding hydrogens is 286 g/mol. The lowest BCUT2D eigenvalue weighted by molar-refractivity contribution is -0.111. The van der Waals surface area contributed by atoms with Crippen molar-refractivity contribution in [2.45, 2.75) is 6.92 Å². The molecule has 2 aromatic carbocycles. The number of nitrogens with one attached hydrogen (secondary N) is 1. The first-order chi connectivity index (χ1) is 10.2. The molecule has 0 saturated carbocycles. The van der Waals surface area contributed by atoms with Gasteiger partial charge in [-0.25, -0.2) is 0 Å². The van der Waals surface area contributed by atoms with Crippen LogP contribution in [0.3, 0.4) is 0 Å².